The van der Waals surface area contributed by atoms with Crippen LogP contribution in [0.15, 0.2) is 0 Å². The van der Waals surface area contributed by atoms with Gasteiger partial charge in [-0.25, -0.2) is 5.08 Å². The summed E-state index contributed by atoms with van der Waals surface area (Å²) in [4.78, 5) is 2.29. The number of thioether (sulfide) groups is 2. The molecule has 0 saturated carbocycles. The summed E-state index contributed by atoms with van der Waals surface area (Å²) in [7, 11) is 2.13. The van der Waals surface area contributed by atoms with Gasteiger partial charge in [0.2, 0.25) is 0 Å². The molecule has 0 unspecified atom stereocenters. The monoisotopic (exact) mass is 141 g/mol. The first-order valence-electron chi connectivity index (χ1n) is 2.13. The zero-order valence-corrected chi connectivity index (χ0v) is 6.89. The summed E-state index contributed by atoms with van der Waals surface area (Å²) in [5.74, 6) is 2.32. The summed E-state index contributed by atoms with van der Waals surface area (Å²) >= 11 is 3.73. The van der Waals surface area contributed by atoms with Gasteiger partial charge in [0.25, 0.3) is 0 Å². The number of hydrogen-bond donors (Lipinski definition) is 0. The van der Waals surface area contributed by atoms with Crippen molar-refractivity contribution < 1.29 is 18.9 Å². The Kier molecular flexibility index (Phi) is 5.87. The van der Waals surface area contributed by atoms with E-state index in [1.54, 1.807) is 0 Å². The summed E-state index contributed by atoms with van der Waals surface area (Å²) in [5.41, 5.74) is 0. The van der Waals surface area contributed by atoms with E-state index in [0.717, 1.165) is 11.8 Å². The van der Waals surface area contributed by atoms with E-state index >= 15 is 0 Å². The molecule has 0 aromatic carbocycles. The van der Waals surface area contributed by atoms with Crippen molar-refractivity contribution in [2.75, 3.05) is 18.8 Å². The molecule has 0 bridgehead atoms. The molecule has 1 heterocycles. The molecule has 1 fully saturated rings. The summed E-state index contributed by atoms with van der Waals surface area (Å²) in [5, 5.41) is 2.19. The fourth-order valence-electron chi connectivity index (χ4n) is 0.401. The topological polar surface area (TPSA) is 3.24 Å². The maximum atomic E-state index is 2.29. The van der Waals surface area contributed by atoms with Crippen LogP contribution in [0.1, 0.15) is 0 Å². The second-order valence-electron chi connectivity index (χ2n) is 1.54. The average molecular weight is 141 g/mol. The zero-order chi connectivity index (χ0) is 5.11. The Labute approximate surface area is 71.1 Å². The predicted molar refractivity (Wildman–Crippen MR) is 37.0 cm³/mol. The summed E-state index contributed by atoms with van der Waals surface area (Å²) in [6, 6.07) is 0. The van der Waals surface area contributed by atoms with Crippen LogP contribution in [-0.4, -0.2) is 23.7 Å². The molecule has 0 N–H and O–H groups in total. The molecule has 0 amide bonds. The van der Waals surface area contributed by atoms with Crippen LogP contribution in [0.3, 0.4) is 0 Å². The van der Waals surface area contributed by atoms with Crippen molar-refractivity contribution in [3.05, 3.63) is 5.08 Å². The van der Waals surface area contributed by atoms with Gasteiger partial charge in [0.05, 0.1) is 0 Å². The van der Waals surface area contributed by atoms with Crippen molar-refractivity contribution in [1.29, 1.82) is 0 Å². The van der Waals surface area contributed by atoms with Crippen LogP contribution in [0.2, 0.25) is 0 Å². The van der Waals surface area contributed by atoms with Gasteiger partial charge < -0.3 is 23.5 Å². The molecule has 1 aliphatic heterocycles. The van der Waals surface area contributed by atoms with Gasteiger partial charge in [-0.05, 0) is 7.05 Å². The van der Waals surface area contributed by atoms with E-state index in [0.29, 0.717) is 0 Å². The van der Waals surface area contributed by atoms with Crippen LogP contribution < -0.4 is 18.9 Å². The first kappa shape index (κ1) is 9.26. The normalized spacial score (nSPS) is 22.1. The van der Waals surface area contributed by atoms with E-state index in [1.165, 1.54) is 0 Å². The Bertz CT molecular complexity index is 56.0. The molecule has 0 aromatic rings. The van der Waals surface area contributed by atoms with Gasteiger partial charge in [-0.1, -0.05) is 0 Å². The SMILES string of the molecule is CN1CS[CH-]SC1.[Li+]. The van der Waals surface area contributed by atoms with Gasteiger partial charge in [-0.2, -0.15) is 0 Å². The Hall–Kier alpha value is 1.26. The van der Waals surface area contributed by atoms with E-state index in [9.17, 15) is 0 Å². The van der Waals surface area contributed by atoms with E-state index in [-0.39, 0.29) is 18.9 Å². The van der Waals surface area contributed by atoms with Crippen LogP contribution >= 0.6 is 23.5 Å². The molecular weight excluding hydrogens is 133 g/mol. The summed E-state index contributed by atoms with van der Waals surface area (Å²) in [6.45, 7) is 0. The van der Waals surface area contributed by atoms with Crippen molar-refractivity contribution in [1.82, 2.24) is 4.90 Å². The van der Waals surface area contributed by atoms with Gasteiger partial charge in [-0.3, -0.25) is 4.90 Å². The molecular formula is C4H8LiNS2. The molecule has 1 saturated heterocycles. The predicted octanol–water partition coefficient (Wildman–Crippen LogP) is -1.56. The minimum Gasteiger partial charge on any atom is -0.326 e. The number of rotatable bonds is 0. The fraction of sp³-hybridized carbons (Fsp3) is 0.750. The van der Waals surface area contributed by atoms with Crippen molar-refractivity contribution in [2.24, 2.45) is 0 Å². The third kappa shape index (κ3) is 3.32. The molecule has 0 atom stereocenters. The molecule has 0 radical (unpaired) electrons. The van der Waals surface area contributed by atoms with E-state index < -0.39 is 0 Å². The average Bonchev–Trinajstić information content (AvgIpc) is 1.69. The second-order valence-corrected chi connectivity index (χ2v) is 3.50. The molecule has 1 nitrogen and oxygen atoms in total. The maximum Gasteiger partial charge on any atom is 1.00 e. The van der Waals surface area contributed by atoms with Crippen LogP contribution in [0.5, 0.6) is 0 Å². The Balaban J connectivity index is 0.000000490. The van der Waals surface area contributed by atoms with Crippen molar-refractivity contribution >= 4 is 23.5 Å². The standard InChI is InChI=1S/C4H8NS2.Li/c1-5-2-6-4-7-3-5;/h4H,2-3H2,1H3;/q-1;+1. The Morgan fingerprint density at radius 3 is 2.12 bits per heavy atom. The minimum atomic E-state index is 0. The van der Waals surface area contributed by atoms with Crippen LogP contribution in [0, 0.1) is 5.08 Å². The molecule has 0 aliphatic carbocycles. The maximum absolute atomic E-state index is 2.29. The van der Waals surface area contributed by atoms with Crippen molar-refractivity contribution in [3.63, 3.8) is 0 Å². The first-order chi connectivity index (χ1) is 3.39. The molecule has 1 aliphatic rings. The number of nitrogens with zero attached hydrogens (tertiary/aromatic N) is 1. The van der Waals surface area contributed by atoms with E-state index in [2.05, 4.69) is 17.0 Å². The van der Waals surface area contributed by atoms with Crippen molar-refractivity contribution in [2.45, 2.75) is 0 Å². The van der Waals surface area contributed by atoms with Crippen molar-refractivity contribution in [3.8, 4) is 0 Å². The third-order valence-electron chi connectivity index (χ3n) is 0.726. The van der Waals surface area contributed by atoms with Crippen LogP contribution in [-0.2, 0) is 0 Å². The summed E-state index contributed by atoms with van der Waals surface area (Å²) < 4.78 is 0. The van der Waals surface area contributed by atoms with Gasteiger partial charge in [-0.15, -0.1) is 0 Å². The Morgan fingerprint density at radius 2 is 1.88 bits per heavy atom. The Morgan fingerprint density at radius 1 is 1.38 bits per heavy atom. The van der Waals surface area contributed by atoms with Crippen LogP contribution in [0.25, 0.3) is 0 Å². The van der Waals surface area contributed by atoms with Gasteiger partial charge in [0.1, 0.15) is 0 Å². The molecule has 0 spiro atoms. The minimum absolute atomic E-state index is 0. The van der Waals surface area contributed by atoms with Gasteiger partial charge in [0.15, 0.2) is 0 Å². The van der Waals surface area contributed by atoms with Gasteiger partial charge in [0, 0.05) is 11.8 Å². The molecule has 42 valence electrons. The quantitative estimate of drug-likeness (QED) is 0.296. The summed E-state index contributed by atoms with van der Waals surface area (Å²) in [6.07, 6.45) is 0. The fourth-order valence-corrected chi connectivity index (χ4v) is 2.08. The zero-order valence-electron chi connectivity index (χ0n) is 5.26. The largest absolute Gasteiger partial charge is 1.00 e. The second kappa shape index (κ2) is 5.07. The van der Waals surface area contributed by atoms with Crippen LogP contribution in [0.4, 0.5) is 0 Å². The third-order valence-corrected chi connectivity index (χ3v) is 2.99. The smallest absolute Gasteiger partial charge is 0.326 e. The molecule has 0 aromatic heterocycles. The molecule has 4 heteroatoms. The molecule has 8 heavy (non-hydrogen) atoms. The number of hydrogen-bond acceptors (Lipinski definition) is 3. The molecule has 1 rings (SSSR count). The van der Waals surface area contributed by atoms with Gasteiger partial charge >= 0.3 is 18.9 Å². The van der Waals surface area contributed by atoms with E-state index in [4.69, 9.17) is 0 Å². The first-order valence-corrected chi connectivity index (χ1v) is 4.23. The van der Waals surface area contributed by atoms with E-state index in [1.807, 2.05) is 23.5 Å².